The molecule has 4 aromatic rings. The molecule has 3 heterocycles. The fourth-order valence-corrected chi connectivity index (χ4v) is 4.67. The predicted octanol–water partition coefficient (Wildman–Crippen LogP) is 5.82. The van der Waals surface area contributed by atoms with Crippen LogP contribution >= 0.6 is 15.9 Å². The predicted molar refractivity (Wildman–Crippen MR) is 129 cm³/mol. The largest absolute Gasteiger partial charge is 0.488 e. The zero-order valence-corrected chi connectivity index (χ0v) is 19.5. The van der Waals surface area contributed by atoms with Crippen LogP contribution in [0.3, 0.4) is 0 Å². The minimum atomic E-state index is -0.845. The second-order valence-corrected chi connectivity index (χ2v) is 9.04. The van der Waals surface area contributed by atoms with E-state index >= 15 is 0 Å². The van der Waals surface area contributed by atoms with Crippen LogP contribution in [-0.4, -0.2) is 44.1 Å². The number of hydrogen-bond acceptors (Lipinski definition) is 4. The molecule has 0 bridgehead atoms. The molecular formula is C25H23BrN4O3. The van der Waals surface area contributed by atoms with Gasteiger partial charge in [-0.3, -0.25) is 0 Å². The number of nitrogens with zero attached hydrogens (tertiary/aromatic N) is 3. The fourth-order valence-electron chi connectivity index (χ4n) is 4.18. The third-order valence-electron chi connectivity index (χ3n) is 6.04. The first-order valence-corrected chi connectivity index (χ1v) is 11.7. The van der Waals surface area contributed by atoms with Crippen LogP contribution < -0.4 is 4.74 Å². The molecule has 5 rings (SSSR count). The van der Waals surface area contributed by atoms with Crippen LogP contribution in [0.4, 0.5) is 4.79 Å². The number of nitrogens with one attached hydrogen (secondary N) is 1. The molecule has 1 aliphatic rings. The Balaban J connectivity index is 1.31. The average Bonchev–Trinajstić information content (AvgIpc) is 3.27. The molecule has 0 unspecified atom stereocenters. The number of aromatic nitrogens is 3. The van der Waals surface area contributed by atoms with Crippen molar-refractivity contribution in [3.8, 4) is 17.1 Å². The van der Waals surface area contributed by atoms with Gasteiger partial charge in [-0.25, -0.2) is 14.8 Å². The number of benzene rings is 2. The molecule has 2 N–H and O–H groups in total. The minimum Gasteiger partial charge on any atom is -0.488 e. The number of carboxylic acid groups (broad SMARTS) is 1. The summed E-state index contributed by atoms with van der Waals surface area (Å²) in [6, 6.07) is 18.0. The van der Waals surface area contributed by atoms with E-state index in [-0.39, 0.29) is 0 Å². The van der Waals surface area contributed by atoms with Gasteiger partial charge in [-0.15, -0.1) is 0 Å². The highest BCUT2D eigenvalue weighted by Gasteiger charge is 2.24. The van der Waals surface area contributed by atoms with Gasteiger partial charge in [-0.05, 0) is 70.1 Å². The van der Waals surface area contributed by atoms with Crippen molar-refractivity contribution in [1.29, 1.82) is 0 Å². The number of carbonyl (C=O) groups is 1. The van der Waals surface area contributed by atoms with Crippen molar-refractivity contribution < 1.29 is 14.6 Å². The lowest BCUT2D eigenvalue weighted by Gasteiger charge is -2.29. The van der Waals surface area contributed by atoms with Gasteiger partial charge >= 0.3 is 6.09 Å². The second kappa shape index (κ2) is 9.23. The molecule has 1 fully saturated rings. The van der Waals surface area contributed by atoms with Crippen LogP contribution in [-0.2, 0) is 6.61 Å². The van der Waals surface area contributed by atoms with Crippen LogP contribution in [0.1, 0.15) is 29.9 Å². The lowest BCUT2D eigenvalue weighted by Crippen LogP contribution is -2.36. The highest BCUT2D eigenvalue weighted by molar-refractivity contribution is 9.10. The van der Waals surface area contributed by atoms with Gasteiger partial charge in [0.1, 0.15) is 18.2 Å². The number of ether oxygens (including phenoxy) is 1. The highest BCUT2D eigenvalue weighted by atomic mass is 79.9. The molecule has 0 aliphatic carbocycles. The van der Waals surface area contributed by atoms with E-state index in [2.05, 4.69) is 36.9 Å². The maximum atomic E-state index is 11.1. The Morgan fingerprint density at radius 1 is 1.15 bits per heavy atom. The van der Waals surface area contributed by atoms with E-state index < -0.39 is 6.09 Å². The Kier molecular flexibility index (Phi) is 6.00. The number of amides is 1. The molecule has 33 heavy (non-hydrogen) atoms. The summed E-state index contributed by atoms with van der Waals surface area (Å²) < 4.78 is 6.80. The monoisotopic (exact) mass is 506 g/mol. The van der Waals surface area contributed by atoms with Crippen molar-refractivity contribution in [2.75, 3.05) is 13.1 Å². The van der Waals surface area contributed by atoms with E-state index in [1.165, 1.54) is 4.90 Å². The summed E-state index contributed by atoms with van der Waals surface area (Å²) in [5.74, 6) is 1.82. The van der Waals surface area contributed by atoms with E-state index in [1.54, 1.807) is 0 Å². The van der Waals surface area contributed by atoms with Crippen LogP contribution in [0.2, 0.25) is 0 Å². The first kappa shape index (κ1) is 21.5. The topological polar surface area (TPSA) is 91.3 Å². The molecule has 8 heteroatoms. The third-order valence-corrected chi connectivity index (χ3v) is 6.66. The Labute approximate surface area is 199 Å². The smallest absolute Gasteiger partial charge is 0.407 e. The molecule has 7 nitrogen and oxygen atoms in total. The zero-order valence-electron chi connectivity index (χ0n) is 17.9. The van der Waals surface area contributed by atoms with Crippen LogP contribution in [0.15, 0.2) is 65.3 Å². The lowest BCUT2D eigenvalue weighted by atomic mass is 9.90. The molecule has 0 atom stereocenters. The summed E-state index contributed by atoms with van der Waals surface area (Å²) in [7, 11) is 0. The van der Waals surface area contributed by atoms with Crippen molar-refractivity contribution >= 4 is 33.2 Å². The van der Waals surface area contributed by atoms with Crippen molar-refractivity contribution in [2.24, 2.45) is 0 Å². The summed E-state index contributed by atoms with van der Waals surface area (Å²) in [6.45, 7) is 1.61. The zero-order chi connectivity index (χ0) is 22.8. The van der Waals surface area contributed by atoms with Gasteiger partial charge < -0.3 is 19.7 Å². The normalized spacial score (nSPS) is 14.5. The summed E-state index contributed by atoms with van der Waals surface area (Å²) in [5.41, 5.74) is 4.71. The third kappa shape index (κ3) is 4.71. The number of piperidine rings is 1. The summed E-state index contributed by atoms with van der Waals surface area (Å²) in [4.78, 5) is 25.2. The molecular weight excluding hydrogens is 484 g/mol. The quantitative estimate of drug-likeness (QED) is 0.355. The number of likely N-dealkylation sites (tertiary alicyclic amines) is 1. The molecule has 0 radical (unpaired) electrons. The van der Waals surface area contributed by atoms with E-state index in [4.69, 9.17) is 9.84 Å². The average molecular weight is 507 g/mol. The van der Waals surface area contributed by atoms with Gasteiger partial charge in [0.25, 0.3) is 0 Å². The van der Waals surface area contributed by atoms with Crippen LogP contribution in [0.5, 0.6) is 5.75 Å². The first-order valence-electron chi connectivity index (χ1n) is 10.9. The summed E-state index contributed by atoms with van der Waals surface area (Å²) in [5, 5.41) is 9.16. The molecule has 168 valence electrons. The maximum absolute atomic E-state index is 11.1. The van der Waals surface area contributed by atoms with Gasteiger partial charge in [0.05, 0.1) is 9.99 Å². The van der Waals surface area contributed by atoms with Crippen molar-refractivity contribution in [3.63, 3.8) is 0 Å². The molecule has 2 aromatic heterocycles. The van der Waals surface area contributed by atoms with Gasteiger partial charge in [-0.1, -0.05) is 30.3 Å². The van der Waals surface area contributed by atoms with Gasteiger partial charge in [-0.2, -0.15) is 0 Å². The van der Waals surface area contributed by atoms with Crippen molar-refractivity contribution in [3.05, 3.63) is 76.4 Å². The number of imidazole rings is 1. The molecule has 1 saturated heterocycles. The molecule has 1 amide bonds. The Morgan fingerprint density at radius 2 is 1.94 bits per heavy atom. The second-order valence-electron chi connectivity index (χ2n) is 8.19. The fraction of sp³-hybridized carbons (Fsp3) is 0.240. The number of hydrogen-bond donors (Lipinski definition) is 2. The minimum absolute atomic E-state index is 0.305. The Hall–Kier alpha value is -3.39. The summed E-state index contributed by atoms with van der Waals surface area (Å²) >= 11 is 3.61. The first-order chi connectivity index (χ1) is 16.1. The lowest BCUT2D eigenvalue weighted by molar-refractivity contribution is 0.132. The van der Waals surface area contributed by atoms with E-state index in [0.717, 1.165) is 51.1 Å². The standard InChI is InChI=1S/C25H23BrN4O3/c26-20-12-18(6-7-22(20)33-15-16-4-2-1-3-5-16)23-28-21-13-19(14-27-24(21)29-23)17-8-10-30(11-9-17)25(31)32/h1-7,12-14,17H,8-11,15H2,(H,31,32)(H,27,28,29). The van der Waals surface area contributed by atoms with Crippen LogP contribution in [0, 0.1) is 0 Å². The van der Waals surface area contributed by atoms with Crippen molar-refractivity contribution in [2.45, 2.75) is 25.4 Å². The summed E-state index contributed by atoms with van der Waals surface area (Å²) in [6.07, 6.45) is 2.63. The molecule has 2 aromatic carbocycles. The van der Waals surface area contributed by atoms with Gasteiger partial charge in [0.2, 0.25) is 0 Å². The Morgan fingerprint density at radius 3 is 2.67 bits per heavy atom. The van der Waals surface area contributed by atoms with Crippen LogP contribution in [0.25, 0.3) is 22.6 Å². The van der Waals surface area contributed by atoms with E-state index in [1.807, 2.05) is 54.7 Å². The van der Waals surface area contributed by atoms with Crippen molar-refractivity contribution in [1.82, 2.24) is 19.9 Å². The number of rotatable bonds is 5. The van der Waals surface area contributed by atoms with E-state index in [0.29, 0.717) is 31.3 Å². The molecule has 0 spiro atoms. The van der Waals surface area contributed by atoms with Gasteiger partial charge in [0, 0.05) is 24.8 Å². The number of fused-ring (bicyclic) bond motifs is 1. The number of pyridine rings is 1. The SMILES string of the molecule is O=C(O)N1CCC(c2cnc3nc(-c4ccc(OCc5ccccc5)c(Br)c4)[nH]c3c2)CC1. The number of aromatic amines is 1. The molecule has 1 aliphatic heterocycles. The van der Waals surface area contributed by atoms with E-state index in [9.17, 15) is 4.79 Å². The van der Waals surface area contributed by atoms with Gasteiger partial charge in [0.15, 0.2) is 5.65 Å². The maximum Gasteiger partial charge on any atom is 0.407 e. The Bertz CT molecular complexity index is 1280. The number of H-pyrrole nitrogens is 1. The molecule has 0 saturated carbocycles. The highest BCUT2D eigenvalue weighted by Crippen LogP contribution is 2.32. The number of halogens is 1.